The summed E-state index contributed by atoms with van der Waals surface area (Å²) in [5, 5.41) is 8.96. The summed E-state index contributed by atoms with van der Waals surface area (Å²) < 4.78 is 14.0. The van der Waals surface area contributed by atoms with Crippen molar-refractivity contribution in [3.8, 4) is 0 Å². The second kappa shape index (κ2) is 14.6. The summed E-state index contributed by atoms with van der Waals surface area (Å²) in [5.74, 6) is 0. The molecule has 4 nitrogen and oxygen atoms in total. The molecule has 4 heteroatoms. The van der Waals surface area contributed by atoms with E-state index in [0.717, 1.165) is 93.7 Å². The number of hydrogen-bond acceptors (Lipinski definition) is 4. The van der Waals surface area contributed by atoms with Crippen LogP contribution in [0.15, 0.2) is 160 Å². The van der Waals surface area contributed by atoms with Gasteiger partial charge in [-0.1, -0.05) is 92.6 Å². The molecule has 0 N–H and O–H groups in total. The lowest BCUT2D eigenvalue weighted by atomic mass is 9.82. The highest BCUT2D eigenvalue weighted by atomic mass is 16.3. The molecule has 0 bridgehead atoms. The van der Waals surface area contributed by atoms with E-state index in [1.165, 1.54) is 44.8 Å². The van der Waals surface area contributed by atoms with E-state index in [-0.39, 0.29) is 5.41 Å². The van der Waals surface area contributed by atoms with Gasteiger partial charge >= 0.3 is 0 Å². The minimum absolute atomic E-state index is 0.242. The smallest absolute Gasteiger partial charge is 0.140 e. The Hall–Kier alpha value is -7.30. The summed E-state index contributed by atoms with van der Waals surface area (Å²) in [4.78, 5) is 4.74. The lowest BCUT2D eigenvalue weighted by Gasteiger charge is -2.28. The minimum atomic E-state index is -0.242. The van der Waals surface area contributed by atoms with Crippen molar-refractivity contribution in [2.45, 2.75) is 67.7 Å². The van der Waals surface area contributed by atoms with Crippen LogP contribution in [0.2, 0.25) is 0 Å². The predicted octanol–water partition coefficient (Wildman–Crippen LogP) is 17.9. The normalized spacial score (nSPS) is 12.1. The summed E-state index contributed by atoms with van der Waals surface area (Å²) in [6.07, 6.45) is 0. The highest BCUT2D eigenvalue weighted by molar-refractivity contribution is 6.20. The Labute approximate surface area is 375 Å². The zero-order valence-electron chi connectivity index (χ0n) is 38.1. The third-order valence-electron chi connectivity index (χ3n) is 13.1. The standard InChI is InChI=1S/C60H52N2O2/c1-35-12-20-45(21-13-35)61(52-26-37(3)10-16-39(52)5)47-24-18-41-30-49-50-34-56-57(58(60(7,8)9)59(50)64-54(49)32-43(41)28-47)51-31-42-19-25-48(29-44(42)33-55(51)63-56)62(46-22-14-36(2)15-23-46)53-27-38(4)11-17-40(53)6/h10-34H,1-9H3. The first-order valence-electron chi connectivity index (χ1n) is 22.4. The van der Waals surface area contributed by atoms with Crippen molar-refractivity contribution in [2.75, 3.05) is 9.80 Å². The number of nitrogens with zero attached hydrogens (tertiary/aromatic N) is 2. The molecule has 0 spiro atoms. The highest BCUT2D eigenvalue weighted by Crippen LogP contribution is 2.47. The molecule has 0 amide bonds. The SMILES string of the molecule is Cc1ccc(N(c2ccc3cc4c(cc3c2)oc2c(C(C)(C)C)c3c(cc24)oc2cc4cc(N(c5ccc(C)cc5)c5cc(C)ccc5C)ccc4cc23)c2cc(C)ccc2C)cc1. The third kappa shape index (κ3) is 6.59. The Balaban J connectivity index is 1.07. The largest absolute Gasteiger partial charge is 0.456 e. The molecule has 0 unspecified atom stereocenters. The predicted molar refractivity (Wildman–Crippen MR) is 272 cm³/mol. The average Bonchev–Trinajstić information content (AvgIpc) is 3.80. The van der Waals surface area contributed by atoms with Gasteiger partial charge in [-0.3, -0.25) is 0 Å². The maximum Gasteiger partial charge on any atom is 0.140 e. The molecule has 0 aliphatic rings. The van der Waals surface area contributed by atoms with E-state index in [0.29, 0.717) is 0 Å². The Bertz CT molecular complexity index is 3540. The van der Waals surface area contributed by atoms with Crippen LogP contribution >= 0.6 is 0 Å². The van der Waals surface area contributed by atoms with Gasteiger partial charge in [-0.2, -0.15) is 0 Å². The first-order valence-corrected chi connectivity index (χ1v) is 22.4. The summed E-state index contributed by atoms with van der Waals surface area (Å²) in [7, 11) is 0. The molecule has 0 saturated heterocycles. The molecular weight excluding hydrogens is 781 g/mol. The molecule has 11 rings (SSSR count). The minimum Gasteiger partial charge on any atom is -0.456 e. The van der Waals surface area contributed by atoms with Crippen molar-refractivity contribution < 1.29 is 8.83 Å². The summed E-state index contributed by atoms with van der Waals surface area (Å²) in [6.45, 7) is 19.8. The van der Waals surface area contributed by atoms with E-state index in [2.05, 4.69) is 224 Å². The fourth-order valence-electron chi connectivity index (χ4n) is 9.78. The zero-order valence-corrected chi connectivity index (χ0v) is 38.1. The highest BCUT2D eigenvalue weighted by Gasteiger charge is 2.28. The van der Waals surface area contributed by atoms with Crippen LogP contribution in [0, 0.1) is 41.5 Å². The average molecular weight is 833 g/mol. The van der Waals surface area contributed by atoms with Crippen molar-refractivity contribution in [2.24, 2.45) is 0 Å². The maximum absolute atomic E-state index is 7.04. The second-order valence-electron chi connectivity index (χ2n) is 19.1. The number of hydrogen-bond donors (Lipinski definition) is 0. The van der Waals surface area contributed by atoms with Gasteiger partial charge < -0.3 is 18.6 Å². The van der Waals surface area contributed by atoms with E-state index in [1.54, 1.807) is 0 Å². The van der Waals surface area contributed by atoms with Gasteiger partial charge in [0.15, 0.2) is 0 Å². The molecule has 11 aromatic rings. The Morgan fingerprint density at radius 3 is 1.31 bits per heavy atom. The van der Waals surface area contributed by atoms with Crippen LogP contribution in [0.25, 0.3) is 65.4 Å². The number of furan rings is 2. The Morgan fingerprint density at radius 1 is 0.359 bits per heavy atom. The molecule has 0 radical (unpaired) electrons. The van der Waals surface area contributed by atoms with Crippen molar-refractivity contribution in [3.05, 3.63) is 191 Å². The van der Waals surface area contributed by atoms with Gasteiger partial charge in [-0.15, -0.1) is 0 Å². The van der Waals surface area contributed by atoms with E-state index in [4.69, 9.17) is 8.83 Å². The first kappa shape index (κ1) is 39.5. The fourth-order valence-corrected chi connectivity index (χ4v) is 9.78. The monoisotopic (exact) mass is 832 g/mol. The van der Waals surface area contributed by atoms with Gasteiger partial charge in [0.1, 0.15) is 22.3 Å². The summed E-state index contributed by atoms with van der Waals surface area (Å²) in [5.41, 5.74) is 18.6. The molecule has 0 aliphatic heterocycles. The van der Waals surface area contributed by atoms with E-state index >= 15 is 0 Å². The zero-order chi connectivity index (χ0) is 44.2. The molecule has 2 heterocycles. The van der Waals surface area contributed by atoms with Crippen LogP contribution in [-0.4, -0.2) is 0 Å². The van der Waals surface area contributed by atoms with Crippen LogP contribution in [0.1, 0.15) is 59.7 Å². The number of benzene rings is 9. The van der Waals surface area contributed by atoms with E-state index in [1.807, 2.05) is 0 Å². The molecule has 0 saturated carbocycles. The topological polar surface area (TPSA) is 32.8 Å². The summed E-state index contributed by atoms with van der Waals surface area (Å²) >= 11 is 0. The van der Waals surface area contributed by atoms with Crippen molar-refractivity contribution in [1.29, 1.82) is 0 Å². The number of rotatable bonds is 6. The van der Waals surface area contributed by atoms with E-state index < -0.39 is 0 Å². The molecule has 0 aliphatic carbocycles. The van der Waals surface area contributed by atoms with E-state index in [9.17, 15) is 0 Å². The number of fused-ring (bicyclic) bond motifs is 8. The molecular formula is C60H52N2O2. The molecule has 9 aromatic carbocycles. The van der Waals surface area contributed by atoms with Gasteiger partial charge in [-0.05, 0) is 182 Å². The Morgan fingerprint density at radius 2 is 0.812 bits per heavy atom. The summed E-state index contributed by atoms with van der Waals surface area (Å²) in [6, 6.07) is 55.8. The van der Waals surface area contributed by atoms with Gasteiger partial charge in [0.05, 0.1) is 0 Å². The van der Waals surface area contributed by atoms with Crippen LogP contribution < -0.4 is 9.80 Å². The molecule has 0 fully saturated rings. The van der Waals surface area contributed by atoms with Gasteiger partial charge in [0, 0.05) is 61.2 Å². The molecule has 314 valence electrons. The van der Waals surface area contributed by atoms with Gasteiger partial charge in [0.25, 0.3) is 0 Å². The van der Waals surface area contributed by atoms with Crippen LogP contribution in [0.5, 0.6) is 0 Å². The van der Waals surface area contributed by atoms with Crippen LogP contribution in [-0.2, 0) is 5.41 Å². The molecule has 64 heavy (non-hydrogen) atoms. The second-order valence-corrected chi connectivity index (χ2v) is 19.1. The fraction of sp³-hybridized carbons (Fsp3) is 0.167. The van der Waals surface area contributed by atoms with Crippen LogP contribution in [0.4, 0.5) is 34.1 Å². The number of aryl methyl sites for hydroxylation is 6. The number of anilines is 6. The van der Waals surface area contributed by atoms with Crippen molar-refractivity contribution in [3.63, 3.8) is 0 Å². The Kier molecular flexibility index (Phi) is 9.04. The third-order valence-corrected chi connectivity index (χ3v) is 13.1. The maximum atomic E-state index is 7.04. The first-order chi connectivity index (χ1) is 30.8. The molecule has 0 atom stereocenters. The van der Waals surface area contributed by atoms with Gasteiger partial charge in [-0.25, -0.2) is 0 Å². The van der Waals surface area contributed by atoms with Crippen molar-refractivity contribution in [1.82, 2.24) is 0 Å². The quantitative estimate of drug-likeness (QED) is 0.167. The lowest BCUT2D eigenvalue weighted by Crippen LogP contribution is -2.12. The van der Waals surface area contributed by atoms with Gasteiger partial charge in [0.2, 0.25) is 0 Å². The van der Waals surface area contributed by atoms with Crippen molar-refractivity contribution >= 4 is 99.5 Å². The lowest BCUT2D eigenvalue weighted by molar-refractivity contribution is 0.577. The van der Waals surface area contributed by atoms with Crippen LogP contribution in [0.3, 0.4) is 0 Å². The molecule has 2 aromatic heterocycles.